The number of aryl methyl sites for hydroxylation is 1. The van der Waals surface area contributed by atoms with Crippen LogP contribution in [0.25, 0.3) is 0 Å². The molecule has 1 unspecified atom stereocenters. The van der Waals surface area contributed by atoms with Crippen LogP contribution in [0.2, 0.25) is 0 Å². The molecule has 0 aliphatic carbocycles. The van der Waals surface area contributed by atoms with Crippen LogP contribution in [-0.4, -0.2) is 23.0 Å². The van der Waals surface area contributed by atoms with Crippen LogP contribution in [0.15, 0.2) is 58.3 Å². The zero-order chi connectivity index (χ0) is 20.8. The van der Waals surface area contributed by atoms with E-state index in [1.54, 1.807) is 59.8 Å². The molecular weight excluding hydrogens is 411 g/mol. The molecule has 0 saturated carbocycles. The van der Waals surface area contributed by atoms with Crippen LogP contribution in [0.4, 0.5) is 10.1 Å². The van der Waals surface area contributed by atoms with Gasteiger partial charge in [0.2, 0.25) is 0 Å². The maximum Gasteiger partial charge on any atom is 0.338 e. The largest absolute Gasteiger partial charge is 0.449 e. The van der Waals surface area contributed by atoms with Crippen molar-refractivity contribution in [3.8, 4) is 0 Å². The second kappa shape index (κ2) is 9.67. The molecule has 2 aromatic carbocycles. The lowest BCUT2D eigenvalue weighted by atomic mass is 10.2. The standard InChI is InChI=1S/C21H19FN2O3S2/c1-13-3-6-16(9-19(13)22)24-20(25)14(2)27-21(26)15-4-7-18(8-5-15)29-11-17-10-28-12-23-17/h3-10,12,14H,11H2,1-2H3,(H,24,25). The minimum Gasteiger partial charge on any atom is -0.449 e. The second-order valence-corrected chi connectivity index (χ2v) is 8.06. The van der Waals surface area contributed by atoms with Crippen molar-refractivity contribution < 1.29 is 18.7 Å². The number of anilines is 1. The monoisotopic (exact) mass is 430 g/mol. The van der Waals surface area contributed by atoms with Gasteiger partial charge in [-0.15, -0.1) is 23.1 Å². The highest BCUT2D eigenvalue weighted by Crippen LogP contribution is 2.23. The molecule has 0 bridgehead atoms. The van der Waals surface area contributed by atoms with Crippen molar-refractivity contribution in [2.24, 2.45) is 0 Å². The van der Waals surface area contributed by atoms with Crippen LogP contribution in [0.1, 0.15) is 28.5 Å². The maximum atomic E-state index is 13.6. The molecule has 1 amide bonds. The first kappa shape index (κ1) is 21.0. The van der Waals surface area contributed by atoms with Gasteiger partial charge in [0, 0.05) is 21.7 Å². The molecule has 3 rings (SSSR count). The van der Waals surface area contributed by atoms with Gasteiger partial charge < -0.3 is 10.1 Å². The summed E-state index contributed by atoms with van der Waals surface area (Å²) in [4.78, 5) is 29.7. The zero-order valence-electron chi connectivity index (χ0n) is 15.8. The molecule has 150 valence electrons. The Morgan fingerprint density at radius 1 is 1.24 bits per heavy atom. The third-order valence-electron chi connectivity index (χ3n) is 4.05. The van der Waals surface area contributed by atoms with E-state index < -0.39 is 23.8 Å². The number of esters is 1. The van der Waals surface area contributed by atoms with Gasteiger partial charge in [0.1, 0.15) is 5.82 Å². The van der Waals surface area contributed by atoms with Crippen molar-refractivity contribution in [2.45, 2.75) is 30.6 Å². The molecule has 1 atom stereocenters. The van der Waals surface area contributed by atoms with Gasteiger partial charge in [-0.1, -0.05) is 6.07 Å². The molecule has 1 heterocycles. The summed E-state index contributed by atoms with van der Waals surface area (Å²) in [5.74, 6) is -0.791. The molecule has 0 fully saturated rings. The number of halogens is 1. The summed E-state index contributed by atoms with van der Waals surface area (Å²) < 4.78 is 18.8. The molecule has 5 nitrogen and oxygen atoms in total. The number of thiazole rings is 1. The number of amides is 1. The number of ether oxygens (including phenoxy) is 1. The number of hydrogen-bond acceptors (Lipinski definition) is 6. The van der Waals surface area contributed by atoms with Crippen LogP contribution < -0.4 is 5.32 Å². The summed E-state index contributed by atoms with van der Waals surface area (Å²) in [6.07, 6.45) is -1.02. The number of rotatable bonds is 7. The molecular formula is C21H19FN2O3S2. The number of hydrogen-bond donors (Lipinski definition) is 1. The summed E-state index contributed by atoms with van der Waals surface area (Å²) in [6, 6.07) is 11.4. The minimum atomic E-state index is -1.02. The molecule has 0 aliphatic rings. The Morgan fingerprint density at radius 2 is 2.00 bits per heavy atom. The van der Waals surface area contributed by atoms with Gasteiger partial charge in [-0.3, -0.25) is 4.79 Å². The summed E-state index contributed by atoms with van der Waals surface area (Å²) in [5, 5.41) is 4.54. The predicted molar refractivity (Wildman–Crippen MR) is 113 cm³/mol. The fraction of sp³-hybridized carbons (Fsp3) is 0.190. The lowest BCUT2D eigenvalue weighted by Gasteiger charge is -2.14. The highest BCUT2D eigenvalue weighted by Gasteiger charge is 2.19. The predicted octanol–water partition coefficient (Wildman–Crippen LogP) is 5.07. The van der Waals surface area contributed by atoms with E-state index in [9.17, 15) is 14.0 Å². The van der Waals surface area contributed by atoms with E-state index in [-0.39, 0.29) is 0 Å². The Kier molecular flexibility index (Phi) is 7.00. The third-order valence-corrected chi connectivity index (χ3v) is 5.73. The van der Waals surface area contributed by atoms with E-state index in [0.29, 0.717) is 16.8 Å². The van der Waals surface area contributed by atoms with Crippen molar-refractivity contribution in [3.63, 3.8) is 0 Å². The van der Waals surface area contributed by atoms with Gasteiger partial charge in [0.25, 0.3) is 5.91 Å². The second-order valence-electron chi connectivity index (χ2n) is 6.29. The van der Waals surface area contributed by atoms with E-state index in [2.05, 4.69) is 10.3 Å². The summed E-state index contributed by atoms with van der Waals surface area (Å²) in [7, 11) is 0. The van der Waals surface area contributed by atoms with Crippen LogP contribution in [0, 0.1) is 12.7 Å². The first-order valence-electron chi connectivity index (χ1n) is 8.80. The summed E-state index contributed by atoms with van der Waals surface area (Å²) in [5.41, 5.74) is 3.95. The van der Waals surface area contributed by atoms with Gasteiger partial charge in [-0.05, 0) is 55.8 Å². The van der Waals surface area contributed by atoms with Gasteiger partial charge in [0.15, 0.2) is 6.10 Å². The van der Waals surface area contributed by atoms with Crippen LogP contribution >= 0.6 is 23.1 Å². The normalized spacial score (nSPS) is 11.7. The van der Waals surface area contributed by atoms with Gasteiger partial charge in [-0.25, -0.2) is 14.2 Å². The minimum absolute atomic E-state index is 0.308. The van der Waals surface area contributed by atoms with Gasteiger partial charge in [-0.2, -0.15) is 0 Å². The molecule has 0 spiro atoms. The van der Waals surface area contributed by atoms with E-state index >= 15 is 0 Å². The van der Waals surface area contributed by atoms with E-state index in [0.717, 1.165) is 16.3 Å². The number of nitrogens with zero attached hydrogens (tertiary/aromatic N) is 1. The number of nitrogens with one attached hydrogen (secondary N) is 1. The topological polar surface area (TPSA) is 68.3 Å². The highest BCUT2D eigenvalue weighted by molar-refractivity contribution is 7.98. The van der Waals surface area contributed by atoms with Crippen molar-refractivity contribution in [1.29, 1.82) is 0 Å². The molecule has 0 saturated heterocycles. The molecule has 8 heteroatoms. The number of aromatic nitrogens is 1. The molecule has 29 heavy (non-hydrogen) atoms. The highest BCUT2D eigenvalue weighted by atomic mass is 32.2. The molecule has 3 aromatic rings. The average Bonchev–Trinajstić information content (AvgIpc) is 3.23. The first-order valence-corrected chi connectivity index (χ1v) is 10.7. The lowest BCUT2D eigenvalue weighted by molar-refractivity contribution is -0.123. The fourth-order valence-electron chi connectivity index (χ4n) is 2.35. The van der Waals surface area contributed by atoms with Crippen molar-refractivity contribution in [2.75, 3.05) is 5.32 Å². The quantitative estimate of drug-likeness (QED) is 0.419. The Hall–Kier alpha value is -2.71. The van der Waals surface area contributed by atoms with E-state index in [1.165, 1.54) is 13.0 Å². The third kappa shape index (κ3) is 5.88. The first-order chi connectivity index (χ1) is 13.9. The summed E-state index contributed by atoms with van der Waals surface area (Å²) >= 11 is 3.17. The number of thioether (sulfide) groups is 1. The van der Waals surface area contributed by atoms with Crippen molar-refractivity contribution in [1.82, 2.24) is 4.98 Å². The fourth-order valence-corrected chi connectivity index (χ4v) is 3.81. The van der Waals surface area contributed by atoms with Gasteiger partial charge >= 0.3 is 5.97 Å². The van der Waals surface area contributed by atoms with Crippen LogP contribution in [0.5, 0.6) is 0 Å². The number of benzene rings is 2. The Morgan fingerprint density at radius 3 is 2.66 bits per heavy atom. The van der Waals surface area contributed by atoms with Crippen molar-refractivity contribution >= 4 is 40.7 Å². The Labute approximate surface area is 176 Å². The number of carbonyl (C=O) groups excluding carboxylic acids is 2. The Bertz CT molecular complexity index is 992. The van der Waals surface area contributed by atoms with E-state index in [1.807, 2.05) is 17.5 Å². The van der Waals surface area contributed by atoms with Crippen LogP contribution in [0.3, 0.4) is 0 Å². The average molecular weight is 431 g/mol. The molecule has 1 N–H and O–H groups in total. The smallest absolute Gasteiger partial charge is 0.338 e. The Balaban J connectivity index is 1.52. The number of carbonyl (C=O) groups is 2. The summed E-state index contributed by atoms with van der Waals surface area (Å²) in [6.45, 7) is 3.10. The zero-order valence-corrected chi connectivity index (χ0v) is 17.5. The van der Waals surface area contributed by atoms with E-state index in [4.69, 9.17) is 4.74 Å². The molecule has 0 aliphatic heterocycles. The molecule has 1 aromatic heterocycles. The van der Waals surface area contributed by atoms with Crippen molar-refractivity contribution in [3.05, 3.63) is 76.0 Å². The van der Waals surface area contributed by atoms with Crippen LogP contribution in [-0.2, 0) is 15.3 Å². The maximum absolute atomic E-state index is 13.6. The van der Waals surface area contributed by atoms with Gasteiger partial charge in [0.05, 0.1) is 16.8 Å². The SMILES string of the molecule is Cc1ccc(NC(=O)C(C)OC(=O)c2ccc(SCc3cscn3)cc2)cc1F. The molecule has 0 radical (unpaired) electrons. The lowest BCUT2D eigenvalue weighted by Crippen LogP contribution is -2.30.